The molecule has 0 bridgehead atoms. The summed E-state index contributed by atoms with van der Waals surface area (Å²) in [5.74, 6) is 0. The molecule has 0 radical (unpaired) electrons. The summed E-state index contributed by atoms with van der Waals surface area (Å²) in [6, 6.07) is 5.70. The van der Waals surface area contributed by atoms with Crippen molar-refractivity contribution in [3.63, 3.8) is 0 Å². The van der Waals surface area contributed by atoms with Crippen molar-refractivity contribution < 1.29 is 0 Å². The number of nitrogens with one attached hydrogen (secondary N) is 2. The van der Waals surface area contributed by atoms with Crippen LogP contribution in [0.1, 0.15) is 29.9 Å². The number of nitrogens with zero attached hydrogens (tertiary/aromatic N) is 1. The lowest BCUT2D eigenvalue weighted by molar-refractivity contribution is 0.567. The zero-order valence-corrected chi connectivity index (χ0v) is 11.8. The molecule has 0 amide bonds. The van der Waals surface area contributed by atoms with E-state index in [0.717, 1.165) is 17.0 Å². The Morgan fingerprint density at radius 3 is 2.78 bits per heavy atom. The number of imidazole rings is 1. The minimum absolute atomic E-state index is 0.144. The molecule has 18 heavy (non-hydrogen) atoms. The second-order valence-electron chi connectivity index (χ2n) is 4.24. The second kappa shape index (κ2) is 5.74. The van der Waals surface area contributed by atoms with E-state index in [-0.39, 0.29) is 6.04 Å². The van der Waals surface area contributed by atoms with Crippen LogP contribution in [0.3, 0.4) is 0 Å². The van der Waals surface area contributed by atoms with Crippen LogP contribution in [-0.2, 0) is 6.54 Å². The normalized spacial score (nSPS) is 12.7. The number of hydrogen-bond acceptors (Lipinski definition) is 2. The van der Waals surface area contributed by atoms with E-state index in [1.807, 2.05) is 19.1 Å². The molecule has 0 fully saturated rings. The lowest BCUT2D eigenvalue weighted by atomic mass is 10.1. The van der Waals surface area contributed by atoms with E-state index in [2.05, 4.69) is 22.2 Å². The summed E-state index contributed by atoms with van der Waals surface area (Å²) in [6.07, 6.45) is 1.70. The van der Waals surface area contributed by atoms with Gasteiger partial charge in [0.05, 0.1) is 12.0 Å². The molecule has 0 aliphatic carbocycles. The Labute approximate surface area is 117 Å². The number of H-pyrrole nitrogens is 1. The highest BCUT2D eigenvalue weighted by molar-refractivity contribution is 6.35. The van der Waals surface area contributed by atoms with Gasteiger partial charge in [-0.25, -0.2) is 4.98 Å². The Balaban J connectivity index is 2.03. The Hall–Kier alpha value is -1.03. The molecule has 1 aromatic heterocycles. The molecule has 0 spiro atoms. The Morgan fingerprint density at radius 1 is 1.39 bits per heavy atom. The highest BCUT2D eigenvalue weighted by atomic mass is 35.5. The van der Waals surface area contributed by atoms with Gasteiger partial charge in [0.1, 0.15) is 0 Å². The quantitative estimate of drug-likeness (QED) is 0.894. The first-order chi connectivity index (χ1) is 8.58. The number of hydrogen-bond donors (Lipinski definition) is 2. The standard InChI is InChI=1S/C13H15Cl2N3/c1-8(11-4-3-10(14)5-12(11)15)16-6-13-9(2)17-7-18-13/h3-5,7-8,16H,6H2,1-2H3,(H,17,18). The van der Waals surface area contributed by atoms with Crippen molar-refractivity contribution >= 4 is 23.2 Å². The molecule has 5 heteroatoms. The van der Waals surface area contributed by atoms with Gasteiger partial charge in [0.15, 0.2) is 0 Å². The monoisotopic (exact) mass is 283 g/mol. The largest absolute Gasteiger partial charge is 0.348 e. The van der Waals surface area contributed by atoms with Gasteiger partial charge >= 0.3 is 0 Å². The molecule has 1 aromatic carbocycles. The van der Waals surface area contributed by atoms with E-state index in [4.69, 9.17) is 23.2 Å². The van der Waals surface area contributed by atoms with E-state index in [9.17, 15) is 0 Å². The molecule has 1 atom stereocenters. The Bertz CT molecular complexity index is 537. The minimum atomic E-state index is 0.144. The van der Waals surface area contributed by atoms with Gasteiger partial charge in [0.25, 0.3) is 0 Å². The first-order valence-corrected chi connectivity index (χ1v) is 6.50. The smallest absolute Gasteiger partial charge is 0.0925 e. The molecule has 0 aliphatic rings. The van der Waals surface area contributed by atoms with E-state index in [1.54, 1.807) is 12.4 Å². The highest BCUT2D eigenvalue weighted by Crippen LogP contribution is 2.26. The number of aryl methyl sites for hydroxylation is 1. The van der Waals surface area contributed by atoms with Crippen molar-refractivity contribution in [3.05, 3.63) is 51.5 Å². The van der Waals surface area contributed by atoms with Gasteiger partial charge in [-0.2, -0.15) is 0 Å². The maximum atomic E-state index is 6.17. The lowest BCUT2D eigenvalue weighted by Gasteiger charge is -2.15. The third-order valence-electron chi connectivity index (χ3n) is 2.94. The van der Waals surface area contributed by atoms with Crippen molar-refractivity contribution in [2.75, 3.05) is 0 Å². The summed E-state index contributed by atoms with van der Waals surface area (Å²) < 4.78 is 0. The van der Waals surface area contributed by atoms with Gasteiger partial charge in [-0.1, -0.05) is 29.3 Å². The summed E-state index contributed by atoms with van der Waals surface area (Å²) in [5, 5.41) is 4.73. The SMILES string of the molecule is Cc1[nH]cnc1CNC(C)c1ccc(Cl)cc1Cl. The van der Waals surface area contributed by atoms with E-state index in [1.165, 1.54) is 0 Å². The van der Waals surface area contributed by atoms with Crippen LogP contribution in [0, 0.1) is 6.92 Å². The number of aromatic nitrogens is 2. The Kier molecular flexibility index (Phi) is 4.27. The summed E-state index contributed by atoms with van der Waals surface area (Å²) in [6.45, 7) is 4.77. The van der Waals surface area contributed by atoms with Gasteiger partial charge in [-0.3, -0.25) is 0 Å². The number of halogens is 2. The van der Waals surface area contributed by atoms with Gasteiger partial charge < -0.3 is 10.3 Å². The predicted molar refractivity (Wildman–Crippen MR) is 75.0 cm³/mol. The molecule has 2 N–H and O–H groups in total. The molecule has 1 unspecified atom stereocenters. The molecule has 1 heterocycles. The molecule has 0 aliphatic heterocycles. The van der Waals surface area contributed by atoms with Crippen molar-refractivity contribution in [1.29, 1.82) is 0 Å². The molecule has 2 rings (SSSR count). The minimum Gasteiger partial charge on any atom is -0.348 e. The van der Waals surface area contributed by atoms with Crippen molar-refractivity contribution in [2.45, 2.75) is 26.4 Å². The van der Waals surface area contributed by atoms with Crippen LogP contribution in [0.4, 0.5) is 0 Å². The Morgan fingerprint density at radius 2 is 2.17 bits per heavy atom. The fraction of sp³-hybridized carbons (Fsp3) is 0.308. The van der Waals surface area contributed by atoms with Crippen molar-refractivity contribution in [2.24, 2.45) is 0 Å². The zero-order chi connectivity index (χ0) is 13.1. The molecule has 0 saturated heterocycles. The number of rotatable bonds is 4. The molecule has 96 valence electrons. The molecule has 0 saturated carbocycles. The average Bonchev–Trinajstić information content (AvgIpc) is 2.72. The predicted octanol–water partition coefficient (Wildman–Crippen LogP) is 3.88. The average molecular weight is 284 g/mol. The maximum Gasteiger partial charge on any atom is 0.0925 e. The summed E-state index contributed by atoms with van der Waals surface area (Å²) in [4.78, 5) is 7.30. The van der Waals surface area contributed by atoms with Crippen LogP contribution in [-0.4, -0.2) is 9.97 Å². The number of aromatic amines is 1. The van der Waals surface area contributed by atoms with Gasteiger partial charge in [-0.05, 0) is 31.5 Å². The first-order valence-electron chi connectivity index (χ1n) is 5.75. The first kappa shape index (κ1) is 13.4. The summed E-state index contributed by atoms with van der Waals surface area (Å²) >= 11 is 12.1. The second-order valence-corrected chi connectivity index (χ2v) is 5.09. The van der Waals surface area contributed by atoms with E-state index < -0.39 is 0 Å². The van der Waals surface area contributed by atoms with Crippen LogP contribution in [0.25, 0.3) is 0 Å². The van der Waals surface area contributed by atoms with Crippen molar-refractivity contribution in [1.82, 2.24) is 15.3 Å². The topological polar surface area (TPSA) is 40.7 Å². The zero-order valence-electron chi connectivity index (χ0n) is 10.3. The third kappa shape index (κ3) is 3.05. The third-order valence-corrected chi connectivity index (χ3v) is 3.50. The van der Waals surface area contributed by atoms with Crippen LogP contribution >= 0.6 is 23.2 Å². The summed E-state index contributed by atoms with van der Waals surface area (Å²) in [7, 11) is 0. The fourth-order valence-corrected chi connectivity index (χ4v) is 2.35. The van der Waals surface area contributed by atoms with Gasteiger partial charge in [0.2, 0.25) is 0 Å². The van der Waals surface area contributed by atoms with Crippen LogP contribution < -0.4 is 5.32 Å². The van der Waals surface area contributed by atoms with Crippen LogP contribution in [0.15, 0.2) is 24.5 Å². The maximum absolute atomic E-state index is 6.17. The number of benzene rings is 1. The lowest BCUT2D eigenvalue weighted by Crippen LogP contribution is -2.19. The van der Waals surface area contributed by atoms with Gasteiger partial charge in [0, 0.05) is 28.3 Å². The molecule has 3 nitrogen and oxygen atoms in total. The van der Waals surface area contributed by atoms with Crippen LogP contribution in [0.5, 0.6) is 0 Å². The van der Waals surface area contributed by atoms with Crippen LogP contribution in [0.2, 0.25) is 10.0 Å². The van der Waals surface area contributed by atoms with Crippen molar-refractivity contribution in [3.8, 4) is 0 Å². The fourth-order valence-electron chi connectivity index (χ4n) is 1.78. The summed E-state index contributed by atoms with van der Waals surface area (Å²) in [5.41, 5.74) is 3.14. The van der Waals surface area contributed by atoms with E-state index in [0.29, 0.717) is 16.6 Å². The molecular formula is C13H15Cl2N3. The van der Waals surface area contributed by atoms with E-state index >= 15 is 0 Å². The highest BCUT2D eigenvalue weighted by Gasteiger charge is 2.10. The molecule has 2 aromatic rings. The van der Waals surface area contributed by atoms with Gasteiger partial charge in [-0.15, -0.1) is 0 Å². The molecular weight excluding hydrogens is 269 g/mol.